The molecule has 164 valence electrons. The topological polar surface area (TPSA) is 163 Å². The number of aliphatic hydroxyl groups is 5. The standard InChI is InChI=1S/C20H24O10/c1-11(13(22)9-21)19(27)28-10-14-16(24)17(25)18(26)20(29-14)30-15(23)8-7-12-5-3-2-4-6-12/h2-8,13-14,16-18,20-22,24-26H,1,9-10H2. The smallest absolute Gasteiger partial charge is 0.336 e. The quantitative estimate of drug-likeness (QED) is 0.245. The van der Waals surface area contributed by atoms with Gasteiger partial charge in [-0.3, -0.25) is 0 Å². The van der Waals surface area contributed by atoms with E-state index in [0.29, 0.717) is 0 Å². The van der Waals surface area contributed by atoms with Gasteiger partial charge in [0, 0.05) is 6.08 Å². The molecule has 1 fully saturated rings. The molecule has 0 spiro atoms. The third-order valence-electron chi connectivity index (χ3n) is 4.33. The average molecular weight is 424 g/mol. The highest BCUT2D eigenvalue weighted by atomic mass is 16.7. The number of esters is 2. The number of hydrogen-bond donors (Lipinski definition) is 5. The SMILES string of the molecule is C=C(C(=O)OCC1OC(OC(=O)C=Cc2ccccc2)C(O)C(O)C1O)C(O)CO. The first kappa shape index (κ1) is 23.7. The minimum atomic E-state index is -1.75. The molecule has 1 saturated heterocycles. The molecule has 30 heavy (non-hydrogen) atoms. The second kappa shape index (κ2) is 11.0. The van der Waals surface area contributed by atoms with Crippen LogP contribution >= 0.6 is 0 Å². The lowest BCUT2D eigenvalue weighted by atomic mass is 9.99. The maximum Gasteiger partial charge on any atom is 0.336 e. The molecule has 1 aliphatic rings. The number of benzene rings is 1. The third-order valence-corrected chi connectivity index (χ3v) is 4.33. The van der Waals surface area contributed by atoms with Gasteiger partial charge in [0.25, 0.3) is 0 Å². The lowest BCUT2D eigenvalue weighted by Crippen LogP contribution is -2.59. The van der Waals surface area contributed by atoms with Crippen LogP contribution in [0.4, 0.5) is 0 Å². The number of rotatable bonds is 8. The van der Waals surface area contributed by atoms with Crippen molar-refractivity contribution in [2.45, 2.75) is 36.8 Å². The molecule has 6 atom stereocenters. The molecule has 0 aromatic heterocycles. The van der Waals surface area contributed by atoms with Crippen LogP contribution in [0.25, 0.3) is 6.08 Å². The van der Waals surface area contributed by atoms with Gasteiger partial charge in [-0.05, 0) is 11.6 Å². The zero-order valence-corrected chi connectivity index (χ0v) is 15.9. The van der Waals surface area contributed by atoms with Gasteiger partial charge < -0.3 is 39.7 Å². The van der Waals surface area contributed by atoms with Crippen molar-refractivity contribution in [2.24, 2.45) is 0 Å². The van der Waals surface area contributed by atoms with E-state index in [1.807, 2.05) is 0 Å². The fraction of sp³-hybridized carbons (Fsp3) is 0.400. The van der Waals surface area contributed by atoms with Gasteiger partial charge in [0.1, 0.15) is 37.1 Å². The highest BCUT2D eigenvalue weighted by Crippen LogP contribution is 2.23. The Morgan fingerprint density at radius 3 is 2.43 bits per heavy atom. The van der Waals surface area contributed by atoms with Gasteiger partial charge >= 0.3 is 11.9 Å². The number of hydrogen-bond acceptors (Lipinski definition) is 10. The van der Waals surface area contributed by atoms with Crippen molar-refractivity contribution in [3.05, 3.63) is 54.1 Å². The van der Waals surface area contributed by atoms with Crippen molar-refractivity contribution in [2.75, 3.05) is 13.2 Å². The number of ether oxygens (including phenoxy) is 3. The van der Waals surface area contributed by atoms with Crippen LogP contribution in [0.15, 0.2) is 48.6 Å². The van der Waals surface area contributed by atoms with Crippen molar-refractivity contribution in [1.29, 1.82) is 0 Å². The molecule has 5 N–H and O–H groups in total. The Morgan fingerprint density at radius 2 is 1.80 bits per heavy atom. The van der Waals surface area contributed by atoms with E-state index in [4.69, 9.17) is 19.3 Å². The lowest BCUT2D eigenvalue weighted by Gasteiger charge is -2.39. The van der Waals surface area contributed by atoms with Crippen LogP contribution in [0.3, 0.4) is 0 Å². The molecular formula is C20H24O10. The Morgan fingerprint density at radius 1 is 1.13 bits per heavy atom. The highest BCUT2D eigenvalue weighted by Gasteiger charge is 2.46. The molecule has 0 bridgehead atoms. The molecule has 0 radical (unpaired) electrons. The van der Waals surface area contributed by atoms with Crippen LogP contribution in [0.1, 0.15) is 5.56 Å². The highest BCUT2D eigenvalue weighted by molar-refractivity contribution is 5.88. The van der Waals surface area contributed by atoms with E-state index in [-0.39, 0.29) is 0 Å². The Labute approximate surface area is 172 Å². The van der Waals surface area contributed by atoms with Crippen molar-refractivity contribution in [3.8, 4) is 0 Å². The van der Waals surface area contributed by atoms with E-state index < -0.39 is 67.5 Å². The molecule has 1 aromatic rings. The van der Waals surface area contributed by atoms with Crippen LogP contribution in [0, 0.1) is 0 Å². The Kier molecular flexibility index (Phi) is 8.66. The zero-order chi connectivity index (χ0) is 22.3. The monoisotopic (exact) mass is 424 g/mol. The summed E-state index contributed by atoms with van der Waals surface area (Å²) in [6.45, 7) is 1.94. The second-order valence-electron chi connectivity index (χ2n) is 6.52. The molecule has 2 rings (SSSR count). The largest absolute Gasteiger partial charge is 0.459 e. The van der Waals surface area contributed by atoms with Gasteiger partial charge in [-0.2, -0.15) is 0 Å². The molecule has 6 unspecified atom stereocenters. The molecule has 0 saturated carbocycles. The Bertz CT molecular complexity index is 762. The van der Waals surface area contributed by atoms with Crippen LogP contribution in [0.2, 0.25) is 0 Å². The summed E-state index contributed by atoms with van der Waals surface area (Å²) in [6.07, 6.45) is -7.07. The summed E-state index contributed by atoms with van der Waals surface area (Å²) in [4.78, 5) is 23.8. The van der Waals surface area contributed by atoms with Crippen LogP contribution in [-0.4, -0.2) is 87.5 Å². The first-order chi connectivity index (χ1) is 14.2. The maximum absolute atomic E-state index is 12.0. The lowest BCUT2D eigenvalue weighted by molar-refractivity contribution is -0.291. The van der Waals surface area contributed by atoms with Gasteiger partial charge in [-0.25, -0.2) is 9.59 Å². The molecule has 1 aromatic carbocycles. The first-order valence-electron chi connectivity index (χ1n) is 9.02. The fourth-order valence-electron chi connectivity index (χ4n) is 2.53. The number of carbonyl (C=O) groups excluding carboxylic acids is 2. The summed E-state index contributed by atoms with van der Waals surface area (Å²) in [5.74, 6) is -1.94. The van der Waals surface area contributed by atoms with E-state index in [1.54, 1.807) is 30.3 Å². The zero-order valence-electron chi connectivity index (χ0n) is 15.9. The van der Waals surface area contributed by atoms with Crippen LogP contribution in [-0.2, 0) is 23.8 Å². The molecule has 1 aliphatic heterocycles. The predicted molar refractivity (Wildman–Crippen MR) is 101 cm³/mol. The summed E-state index contributed by atoms with van der Waals surface area (Å²) in [6, 6.07) is 8.86. The van der Waals surface area contributed by atoms with Crippen molar-refractivity contribution >= 4 is 18.0 Å². The van der Waals surface area contributed by atoms with Crippen molar-refractivity contribution in [1.82, 2.24) is 0 Å². The van der Waals surface area contributed by atoms with Crippen molar-refractivity contribution in [3.63, 3.8) is 0 Å². The molecule has 10 heteroatoms. The molecule has 0 amide bonds. The Hall–Kier alpha value is -2.60. The normalized spacial score (nSPS) is 27.4. The van der Waals surface area contributed by atoms with Gasteiger partial charge in [-0.1, -0.05) is 36.9 Å². The Balaban J connectivity index is 1.96. The maximum atomic E-state index is 12.0. The van der Waals surface area contributed by atoms with Gasteiger partial charge in [-0.15, -0.1) is 0 Å². The summed E-state index contributed by atoms with van der Waals surface area (Å²) in [5, 5.41) is 48.2. The molecule has 1 heterocycles. The summed E-state index contributed by atoms with van der Waals surface area (Å²) >= 11 is 0. The fourth-order valence-corrected chi connectivity index (χ4v) is 2.53. The van der Waals surface area contributed by atoms with Crippen LogP contribution < -0.4 is 0 Å². The van der Waals surface area contributed by atoms with E-state index in [2.05, 4.69) is 6.58 Å². The first-order valence-corrected chi connectivity index (χ1v) is 9.02. The van der Waals surface area contributed by atoms with Crippen LogP contribution in [0.5, 0.6) is 0 Å². The summed E-state index contributed by atoms with van der Waals surface area (Å²) < 4.78 is 15.1. The van der Waals surface area contributed by atoms with E-state index >= 15 is 0 Å². The predicted octanol–water partition coefficient (Wildman–Crippen LogP) is -1.50. The molecule has 0 aliphatic carbocycles. The van der Waals surface area contributed by atoms with Gasteiger partial charge in [0.05, 0.1) is 12.2 Å². The summed E-state index contributed by atoms with van der Waals surface area (Å²) in [5.41, 5.74) is 0.308. The van der Waals surface area contributed by atoms with Gasteiger partial charge in [0.2, 0.25) is 6.29 Å². The number of aliphatic hydroxyl groups excluding tert-OH is 5. The van der Waals surface area contributed by atoms with E-state index in [1.165, 1.54) is 6.08 Å². The van der Waals surface area contributed by atoms with Crippen molar-refractivity contribution < 1.29 is 49.3 Å². The minimum Gasteiger partial charge on any atom is -0.459 e. The van der Waals surface area contributed by atoms with Gasteiger partial charge in [0.15, 0.2) is 0 Å². The van der Waals surface area contributed by atoms with E-state index in [0.717, 1.165) is 11.6 Å². The third kappa shape index (κ3) is 6.20. The average Bonchev–Trinajstić information content (AvgIpc) is 2.76. The molecule has 10 nitrogen and oxygen atoms in total. The molecular weight excluding hydrogens is 400 g/mol. The van der Waals surface area contributed by atoms with E-state index in [9.17, 15) is 30.0 Å². The number of carbonyl (C=O) groups is 2. The summed E-state index contributed by atoms with van der Waals surface area (Å²) in [7, 11) is 0. The second-order valence-corrected chi connectivity index (χ2v) is 6.52. The minimum absolute atomic E-state index is 0.419.